The molecule has 0 atom stereocenters. The van der Waals surface area contributed by atoms with Crippen molar-refractivity contribution in [2.24, 2.45) is 0 Å². The van der Waals surface area contributed by atoms with Crippen molar-refractivity contribution in [3.63, 3.8) is 0 Å². The predicted molar refractivity (Wildman–Crippen MR) is 85.7 cm³/mol. The minimum absolute atomic E-state index is 0.378. The first kappa shape index (κ1) is 16.6. The molecule has 0 aliphatic rings. The van der Waals surface area contributed by atoms with Gasteiger partial charge in [-0.1, -0.05) is 22.0 Å². The number of carbonyl (C=O) groups is 1. The van der Waals surface area contributed by atoms with Crippen LogP contribution in [-0.2, 0) is 0 Å². The van der Waals surface area contributed by atoms with E-state index in [2.05, 4.69) is 47.8 Å². The third-order valence-electron chi connectivity index (χ3n) is 2.55. The number of carbonyl (C=O) groups excluding carboxylic acids is 1. The highest BCUT2D eigenvalue weighted by atomic mass is 79.9. The molecule has 0 bridgehead atoms. The molecule has 2 nitrogen and oxygen atoms in total. The lowest BCUT2D eigenvalue weighted by Crippen LogP contribution is -2.15. The summed E-state index contributed by atoms with van der Waals surface area (Å²) < 4.78 is 34.4. The summed E-state index contributed by atoms with van der Waals surface area (Å²) in [5, 5.41) is 0. The Bertz CT molecular complexity index is 661. The molecule has 7 heteroatoms. The zero-order valence-electron chi connectivity index (χ0n) is 10.3. The van der Waals surface area contributed by atoms with E-state index in [0.29, 0.717) is 14.7 Å². The average molecular weight is 485 g/mol. The lowest BCUT2D eigenvalue weighted by molar-refractivity contribution is 0.0912. The van der Waals surface area contributed by atoms with Gasteiger partial charge in [-0.2, -0.15) is 0 Å². The molecule has 0 aromatic heterocycles. The van der Waals surface area contributed by atoms with Crippen molar-refractivity contribution < 1.29 is 18.3 Å². The van der Waals surface area contributed by atoms with Crippen LogP contribution in [-0.4, -0.2) is 12.4 Å². The van der Waals surface area contributed by atoms with Crippen molar-refractivity contribution >= 4 is 53.6 Å². The fraction of sp³-hybridized carbons (Fsp3) is 0.0714. The molecule has 110 valence electrons. The van der Waals surface area contributed by atoms with E-state index in [9.17, 15) is 13.6 Å². The predicted octanol–water partition coefficient (Wildman–Crippen LogP) is 5.51. The largest absolute Gasteiger partial charge is 0.483 e. The Morgan fingerprint density at radius 2 is 1.57 bits per heavy atom. The van der Waals surface area contributed by atoms with Crippen LogP contribution in [0.4, 0.5) is 8.78 Å². The minimum atomic E-state index is -0.905. The molecule has 0 aliphatic heterocycles. The van der Waals surface area contributed by atoms with Crippen LogP contribution in [0, 0.1) is 11.6 Å². The van der Waals surface area contributed by atoms with E-state index in [4.69, 9.17) is 4.74 Å². The second-order valence-electron chi connectivity index (χ2n) is 4.01. The molecule has 0 unspecified atom stereocenters. The Balaban J connectivity index is 2.19. The van der Waals surface area contributed by atoms with Gasteiger partial charge in [-0.25, -0.2) is 8.78 Å². The van der Waals surface area contributed by atoms with E-state index in [1.807, 2.05) is 0 Å². The van der Waals surface area contributed by atoms with Gasteiger partial charge in [0.25, 0.3) is 0 Å². The molecule has 21 heavy (non-hydrogen) atoms. The first-order valence-electron chi connectivity index (χ1n) is 5.64. The maximum Gasteiger partial charge on any atom is 0.206 e. The molecule has 0 aliphatic carbocycles. The maximum atomic E-state index is 13.5. The third-order valence-corrected chi connectivity index (χ3v) is 4.19. The van der Waals surface area contributed by atoms with Crippen LogP contribution in [0.5, 0.6) is 5.75 Å². The second kappa shape index (κ2) is 6.98. The molecular formula is C14H7Br3F2O2. The number of hydrogen-bond donors (Lipinski definition) is 0. The lowest BCUT2D eigenvalue weighted by Gasteiger charge is -2.11. The summed E-state index contributed by atoms with van der Waals surface area (Å²) >= 11 is 9.88. The molecule has 0 radical (unpaired) electrons. The van der Waals surface area contributed by atoms with E-state index in [1.54, 1.807) is 12.1 Å². The Morgan fingerprint density at radius 1 is 1.05 bits per heavy atom. The Kier molecular flexibility index (Phi) is 5.51. The van der Waals surface area contributed by atoms with Gasteiger partial charge in [0.2, 0.25) is 5.78 Å². The van der Waals surface area contributed by atoms with Crippen molar-refractivity contribution in [2.75, 3.05) is 6.61 Å². The molecule has 2 aromatic carbocycles. The summed E-state index contributed by atoms with van der Waals surface area (Å²) in [5.41, 5.74) is -0.596. The Morgan fingerprint density at radius 3 is 2.10 bits per heavy atom. The summed E-state index contributed by atoms with van der Waals surface area (Å²) in [4.78, 5) is 11.9. The van der Waals surface area contributed by atoms with Gasteiger partial charge in [-0.15, -0.1) is 0 Å². The van der Waals surface area contributed by atoms with E-state index in [0.717, 1.165) is 16.6 Å². The van der Waals surface area contributed by atoms with Crippen molar-refractivity contribution in [1.82, 2.24) is 0 Å². The molecule has 2 rings (SSSR count). The highest BCUT2D eigenvalue weighted by molar-refractivity contribution is 9.11. The van der Waals surface area contributed by atoms with E-state index < -0.39 is 29.6 Å². The van der Waals surface area contributed by atoms with Crippen LogP contribution < -0.4 is 4.74 Å². The first-order chi connectivity index (χ1) is 9.90. The van der Waals surface area contributed by atoms with Gasteiger partial charge >= 0.3 is 0 Å². The number of Topliss-reactive ketones (excluding diaryl/α,β-unsaturated/α-hetero) is 1. The van der Waals surface area contributed by atoms with E-state index in [1.165, 1.54) is 6.07 Å². The summed E-state index contributed by atoms with van der Waals surface area (Å²) in [6, 6.07) is 6.72. The summed E-state index contributed by atoms with van der Waals surface area (Å²) in [7, 11) is 0. The molecule has 0 amide bonds. The van der Waals surface area contributed by atoms with Crippen LogP contribution in [0.2, 0.25) is 0 Å². The second-order valence-corrected chi connectivity index (χ2v) is 6.63. The minimum Gasteiger partial charge on any atom is -0.483 e. The molecule has 0 fully saturated rings. The fourth-order valence-electron chi connectivity index (χ4n) is 1.64. The molecule has 0 saturated heterocycles. The quantitative estimate of drug-likeness (QED) is 0.535. The molecule has 0 heterocycles. The van der Waals surface area contributed by atoms with Crippen LogP contribution in [0.15, 0.2) is 43.7 Å². The number of ketones is 1. The van der Waals surface area contributed by atoms with Crippen LogP contribution in [0.3, 0.4) is 0 Å². The zero-order chi connectivity index (χ0) is 15.6. The first-order valence-corrected chi connectivity index (χ1v) is 8.02. The van der Waals surface area contributed by atoms with Gasteiger partial charge in [0, 0.05) is 4.47 Å². The van der Waals surface area contributed by atoms with Crippen molar-refractivity contribution in [1.29, 1.82) is 0 Å². The highest BCUT2D eigenvalue weighted by Crippen LogP contribution is 2.36. The van der Waals surface area contributed by atoms with Crippen molar-refractivity contribution in [2.45, 2.75) is 0 Å². The number of halogens is 5. The summed E-state index contributed by atoms with van der Waals surface area (Å²) in [6.45, 7) is -0.476. The van der Waals surface area contributed by atoms with E-state index in [-0.39, 0.29) is 0 Å². The normalized spacial score (nSPS) is 10.5. The third kappa shape index (κ3) is 3.90. The smallest absolute Gasteiger partial charge is 0.206 e. The number of benzene rings is 2. The number of rotatable bonds is 4. The molecule has 0 N–H and O–H groups in total. The average Bonchev–Trinajstić information content (AvgIpc) is 2.37. The highest BCUT2D eigenvalue weighted by Gasteiger charge is 2.18. The van der Waals surface area contributed by atoms with Crippen LogP contribution >= 0.6 is 47.8 Å². The fourth-order valence-corrected chi connectivity index (χ4v) is 4.13. The molecule has 2 aromatic rings. The van der Waals surface area contributed by atoms with Gasteiger partial charge in [-0.05, 0) is 56.1 Å². The topological polar surface area (TPSA) is 26.3 Å². The van der Waals surface area contributed by atoms with Gasteiger partial charge in [0.15, 0.2) is 6.61 Å². The Labute approximate surface area is 144 Å². The van der Waals surface area contributed by atoms with Crippen molar-refractivity contribution in [3.05, 3.63) is 60.9 Å². The van der Waals surface area contributed by atoms with Crippen LogP contribution in [0.1, 0.15) is 10.4 Å². The van der Waals surface area contributed by atoms with Gasteiger partial charge < -0.3 is 4.74 Å². The van der Waals surface area contributed by atoms with Gasteiger partial charge in [0.1, 0.15) is 17.4 Å². The Hall–Kier alpha value is -0.790. The summed E-state index contributed by atoms with van der Waals surface area (Å²) in [5.74, 6) is -2.20. The molecule has 0 saturated carbocycles. The van der Waals surface area contributed by atoms with Crippen molar-refractivity contribution in [3.8, 4) is 5.75 Å². The monoisotopic (exact) mass is 482 g/mol. The van der Waals surface area contributed by atoms with Gasteiger partial charge in [0.05, 0.1) is 14.5 Å². The zero-order valence-corrected chi connectivity index (χ0v) is 15.1. The van der Waals surface area contributed by atoms with Crippen LogP contribution in [0.25, 0.3) is 0 Å². The summed E-state index contributed by atoms with van der Waals surface area (Å²) in [6.07, 6.45) is 0. The SMILES string of the molecule is O=C(COc1c(Br)cc(Br)cc1Br)c1c(F)cccc1F. The molecule has 0 spiro atoms. The standard InChI is InChI=1S/C14H7Br3F2O2/c15-7-4-8(16)14(9(17)5-7)21-6-12(20)13-10(18)2-1-3-11(13)19/h1-5H,6H2. The number of ether oxygens (including phenoxy) is 1. The lowest BCUT2D eigenvalue weighted by atomic mass is 10.1. The van der Waals surface area contributed by atoms with E-state index >= 15 is 0 Å². The maximum absolute atomic E-state index is 13.5. The van der Waals surface area contributed by atoms with Gasteiger partial charge in [-0.3, -0.25) is 4.79 Å². The number of hydrogen-bond acceptors (Lipinski definition) is 2. The molecular weight excluding hydrogens is 478 g/mol.